The van der Waals surface area contributed by atoms with Crippen LogP contribution in [0.2, 0.25) is 0 Å². The summed E-state index contributed by atoms with van der Waals surface area (Å²) in [5.41, 5.74) is 3.65. The zero-order chi connectivity index (χ0) is 20.5. The Hall–Kier alpha value is -2.86. The molecule has 3 rings (SSSR count). The van der Waals surface area contributed by atoms with E-state index < -0.39 is 29.6 Å². The number of fused-ring (bicyclic) bond motifs is 3. The number of aliphatic hydroxyl groups is 1. The lowest BCUT2D eigenvalue weighted by atomic mass is 9.84. The highest BCUT2D eigenvalue weighted by Crippen LogP contribution is 2.44. The molecule has 6 nitrogen and oxygen atoms in total. The highest BCUT2D eigenvalue weighted by molar-refractivity contribution is 5.81. The molecule has 0 saturated heterocycles. The molecular formula is C22H25NO5. The molecular weight excluding hydrogens is 358 g/mol. The number of nitrogens with one attached hydrogen (secondary N) is 1. The Morgan fingerprint density at radius 1 is 1.04 bits per heavy atom. The number of aliphatic carboxylic acids is 1. The predicted octanol–water partition coefficient (Wildman–Crippen LogP) is 3.39. The zero-order valence-electron chi connectivity index (χ0n) is 16.2. The number of hydrogen-bond acceptors (Lipinski definition) is 4. The number of benzene rings is 2. The predicted molar refractivity (Wildman–Crippen MR) is 105 cm³/mol. The number of amides is 1. The molecule has 0 spiro atoms. The Labute approximate surface area is 164 Å². The van der Waals surface area contributed by atoms with Crippen LogP contribution in [0.1, 0.15) is 37.8 Å². The lowest BCUT2D eigenvalue weighted by Gasteiger charge is -2.30. The molecule has 1 amide bonds. The Morgan fingerprint density at radius 3 is 2.00 bits per heavy atom. The van der Waals surface area contributed by atoms with E-state index in [1.54, 1.807) is 20.8 Å². The minimum absolute atomic E-state index is 0.0812. The molecule has 28 heavy (non-hydrogen) atoms. The van der Waals surface area contributed by atoms with Gasteiger partial charge in [0.25, 0.3) is 0 Å². The molecule has 3 N–H and O–H groups in total. The standard InChI is InChI=1S/C22H25NO5/c1-22(2,3)19(24)18(20(25)26)23-21(27)28-12-17-15-10-6-4-8-13(15)14-9-5-7-11-16(14)17/h4-11,17-19,24H,12H2,1-3H3,(H,23,27)(H,25,26)/t18-,19-/m1/s1. The summed E-state index contributed by atoms with van der Waals surface area (Å²) >= 11 is 0. The van der Waals surface area contributed by atoms with Crippen LogP contribution in [0, 0.1) is 5.41 Å². The summed E-state index contributed by atoms with van der Waals surface area (Å²) < 4.78 is 5.36. The van der Waals surface area contributed by atoms with Gasteiger partial charge in [0.1, 0.15) is 6.61 Å². The van der Waals surface area contributed by atoms with E-state index in [4.69, 9.17) is 4.74 Å². The van der Waals surface area contributed by atoms with Crippen molar-refractivity contribution in [2.75, 3.05) is 6.61 Å². The van der Waals surface area contributed by atoms with Gasteiger partial charge in [0.2, 0.25) is 0 Å². The molecule has 2 aromatic rings. The Bertz CT molecular complexity index is 841. The molecule has 0 radical (unpaired) electrons. The van der Waals surface area contributed by atoms with Crippen LogP contribution in [0.25, 0.3) is 11.1 Å². The van der Waals surface area contributed by atoms with Crippen LogP contribution >= 0.6 is 0 Å². The van der Waals surface area contributed by atoms with Gasteiger partial charge in [0.15, 0.2) is 6.04 Å². The van der Waals surface area contributed by atoms with Crippen molar-refractivity contribution >= 4 is 12.1 Å². The maximum atomic E-state index is 12.3. The van der Waals surface area contributed by atoms with Crippen molar-refractivity contribution in [1.29, 1.82) is 0 Å². The van der Waals surface area contributed by atoms with Crippen LogP contribution in [0.3, 0.4) is 0 Å². The van der Waals surface area contributed by atoms with E-state index in [2.05, 4.69) is 5.32 Å². The van der Waals surface area contributed by atoms with Gasteiger partial charge in [-0.05, 0) is 27.7 Å². The quantitative estimate of drug-likeness (QED) is 0.736. The Kier molecular flexibility index (Phi) is 5.42. The molecule has 148 valence electrons. The van der Waals surface area contributed by atoms with Crippen molar-refractivity contribution in [2.45, 2.75) is 38.8 Å². The monoisotopic (exact) mass is 383 g/mol. The Morgan fingerprint density at radius 2 is 1.54 bits per heavy atom. The molecule has 0 unspecified atom stereocenters. The van der Waals surface area contributed by atoms with Gasteiger partial charge in [0, 0.05) is 5.92 Å². The van der Waals surface area contributed by atoms with Gasteiger partial charge in [-0.25, -0.2) is 9.59 Å². The molecule has 0 bridgehead atoms. The molecule has 1 aliphatic carbocycles. The second-order valence-corrected chi connectivity index (χ2v) is 8.10. The molecule has 0 aromatic heterocycles. The fraction of sp³-hybridized carbons (Fsp3) is 0.364. The van der Waals surface area contributed by atoms with Crippen molar-refractivity contribution in [3.63, 3.8) is 0 Å². The number of aliphatic hydroxyl groups excluding tert-OH is 1. The van der Waals surface area contributed by atoms with Crippen molar-refractivity contribution in [3.05, 3.63) is 59.7 Å². The van der Waals surface area contributed by atoms with E-state index in [1.165, 1.54) is 0 Å². The van der Waals surface area contributed by atoms with Crippen molar-refractivity contribution < 1.29 is 24.5 Å². The summed E-state index contributed by atoms with van der Waals surface area (Å²) in [7, 11) is 0. The molecule has 0 heterocycles. The third-order valence-electron chi connectivity index (χ3n) is 5.09. The van der Waals surface area contributed by atoms with E-state index in [0.29, 0.717) is 0 Å². The summed E-state index contributed by atoms with van der Waals surface area (Å²) in [5.74, 6) is -1.43. The van der Waals surface area contributed by atoms with Gasteiger partial charge in [0.05, 0.1) is 6.10 Å². The first-order valence-electron chi connectivity index (χ1n) is 9.22. The summed E-state index contributed by atoms with van der Waals surface area (Å²) in [6, 6.07) is 14.5. The Balaban J connectivity index is 1.72. The number of carbonyl (C=O) groups is 2. The van der Waals surface area contributed by atoms with Crippen LogP contribution < -0.4 is 5.32 Å². The number of carboxylic acid groups (broad SMARTS) is 1. The maximum absolute atomic E-state index is 12.3. The lowest BCUT2D eigenvalue weighted by Crippen LogP contribution is -2.53. The van der Waals surface area contributed by atoms with Crippen molar-refractivity contribution in [3.8, 4) is 11.1 Å². The highest BCUT2D eigenvalue weighted by Gasteiger charge is 2.37. The van der Waals surface area contributed by atoms with E-state index in [9.17, 15) is 19.8 Å². The summed E-state index contributed by atoms with van der Waals surface area (Å²) in [5, 5.41) is 21.9. The first kappa shape index (κ1) is 19.9. The van der Waals surface area contributed by atoms with Gasteiger partial charge in [-0.15, -0.1) is 0 Å². The van der Waals surface area contributed by atoms with Crippen molar-refractivity contribution in [2.24, 2.45) is 5.41 Å². The van der Waals surface area contributed by atoms with E-state index in [-0.39, 0.29) is 12.5 Å². The highest BCUT2D eigenvalue weighted by atomic mass is 16.5. The molecule has 6 heteroatoms. The minimum Gasteiger partial charge on any atom is -0.480 e. The SMILES string of the molecule is CC(C)(C)[C@H](O)[C@@H](NC(=O)OCC1c2ccccc2-c2ccccc21)C(=O)O. The van der Waals surface area contributed by atoms with Gasteiger partial charge in [-0.2, -0.15) is 0 Å². The fourth-order valence-corrected chi connectivity index (χ4v) is 3.54. The fourth-order valence-electron chi connectivity index (χ4n) is 3.54. The van der Waals surface area contributed by atoms with Gasteiger partial charge < -0.3 is 20.3 Å². The summed E-state index contributed by atoms with van der Waals surface area (Å²) in [4.78, 5) is 23.7. The van der Waals surface area contributed by atoms with Crippen molar-refractivity contribution in [1.82, 2.24) is 5.32 Å². The second kappa shape index (κ2) is 7.64. The number of hydrogen-bond donors (Lipinski definition) is 3. The van der Waals surface area contributed by atoms with E-state index in [0.717, 1.165) is 22.3 Å². The molecule has 0 saturated carbocycles. The number of carbonyl (C=O) groups excluding carboxylic acids is 1. The molecule has 0 fully saturated rings. The largest absolute Gasteiger partial charge is 0.480 e. The van der Waals surface area contributed by atoms with Gasteiger partial charge in [-0.3, -0.25) is 0 Å². The van der Waals surface area contributed by atoms with E-state index >= 15 is 0 Å². The first-order chi connectivity index (χ1) is 13.2. The normalized spacial score (nSPS) is 15.3. The zero-order valence-corrected chi connectivity index (χ0v) is 16.2. The van der Waals surface area contributed by atoms with Crippen LogP contribution in [-0.2, 0) is 9.53 Å². The number of alkyl carbamates (subject to hydrolysis) is 1. The van der Waals surface area contributed by atoms with Crippen LogP contribution in [0.15, 0.2) is 48.5 Å². The average Bonchev–Trinajstić information content (AvgIpc) is 2.97. The smallest absolute Gasteiger partial charge is 0.407 e. The number of carboxylic acids is 1. The molecule has 2 atom stereocenters. The van der Waals surface area contributed by atoms with Gasteiger partial charge in [-0.1, -0.05) is 69.3 Å². The van der Waals surface area contributed by atoms with E-state index in [1.807, 2.05) is 48.5 Å². The number of rotatable bonds is 5. The lowest BCUT2D eigenvalue weighted by molar-refractivity contribution is -0.144. The number of ether oxygens (including phenoxy) is 1. The maximum Gasteiger partial charge on any atom is 0.407 e. The topological polar surface area (TPSA) is 95.9 Å². The first-order valence-corrected chi connectivity index (χ1v) is 9.22. The third-order valence-corrected chi connectivity index (χ3v) is 5.09. The average molecular weight is 383 g/mol. The molecule has 2 aromatic carbocycles. The van der Waals surface area contributed by atoms with Crippen LogP contribution in [0.5, 0.6) is 0 Å². The molecule has 0 aliphatic heterocycles. The molecule has 1 aliphatic rings. The third kappa shape index (κ3) is 3.87. The van der Waals surface area contributed by atoms with Crippen LogP contribution in [0.4, 0.5) is 4.79 Å². The van der Waals surface area contributed by atoms with Crippen LogP contribution in [-0.4, -0.2) is 41.0 Å². The minimum atomic E-state index is -1.45. The van der Waals surface area contributed by atoms with Gasteiger partial charge >= 0.3 is 12.1 Å². The second-order valence-electron chi connectivity index (χ2n) is 8.10. The summed E-state index contributed by atoms with van der Waals surface area (Å²) in [6.45, 7) is 5.19. The summed E-state index contributed by atoms with van der Waals surface area (Å²) in [6.07, 6.45) is -2.12.